The van der Waals surface area contributed by atoms with Gasteiger partial charge in [-0.2, -0.15) is 0 Å². The molecule has 2 aliphatic rings. The first-order valence-electron chi connectivity index (χ1n) is 9.55. The highest BCUT2D eigenvalue weighted by molar-refractivity contribution is 7.09. The minimum Gasteiger partial charge on any atom is -0.376 e. The number of fused-ring (bicyclic) bond motifs is 1. The number of thiophene rings is 1. The highest BCUT2D eigenvalue weighted by Crippen LogP contribution is 2.23. The minimum atomic E-state index is -0.00519. The third-order valence-corrected chi connectivity index (χ3v) is 6.13. The van der Waals surface area contributed by atoms with Crippen LogP contribution in [0.5, 0.6) is 0 Å². The van der Waals surface area contributed by atoms with E-state index in [0.29, 0.717) is 19.6 Å². The van der Waals surface area contributed by atoms with Gasteiger partial charge in [0.25, 0.3) is 0 Å². The Bertz CT molecular complexity index is 738. The highest BCUT2D eigenvalue weighted by Gasteiger charge is 2.23. The molecule has 1 saturated heterocycles. The molecule has 1 aromatic heterocycles. The number of carbonyl (C=O) groups excluding carboxylic acids is 1. The molecule has 2 aromatic rings. The molecule has 5 heteroatoms. The first-order valence-corrected chi connectivity index (χ1v) is 10.4. The fourth-order valence-corrected chi connectivity index (χ4v) is 4.59. The second-order valence-corrected chi connectivity index (χ2v) is 8.24. The number of rotatable bonds is 6. The monoisotopic (exact) mass is 370 g/mol. The van der Waals surface area contributed by atoms with Crippen molar-refractivity contribution >= 4 is 17.4 Å². The zero-order valence-corrected chi connectivity index (χ0v) is 15.9. The smallest absolute Gasteiger partial charge is 0.318 e. The van der Waals surface area contributed by atoms with Crippen LogP contribution in [-0.2, 0) is 30.7 Å². The van der Waals surface area contributed by atoms with Gasteiger partial charge in [0.2, 0.25) is 0 Å². The standard InChI is InChI=1S/C21H26N2O2S/c24-21(22-13-16-8-9-17-4-1-5-18(17)12-16)23(14-19-6-2-10-25-19)15-20-7-3-11-26-20/h3,7-9,11-12,19H,1-2,4-6,10,13-15H2,(H,22,24). The van der Waals surface area contributed by atoms with Crippen LogP contribution in [-0.4, -0.2) is 30.2 Å². The summed E-state index contributed by atoms with van der Waals surface area (Å²) in [5, 5.41) is 5.17. The van der Waals surface area contributed by atoms with Crippen molar-refractivity contribution in [1.29, 1.82) is 0 Å². The van der Waals surface area contributed by atoms with Gasteiger partial charge in [0.1, 0.15) is 0 Å². The zero-order valence-electron chi connectivity index (χ0n) is 15.1. The molecule has 0 radical (unpaired) electrons. The molecule has 26 heavy (non-hydrogen) atoms. The second kappa shape index (κ2) is 8.23. The summed E-state index contributed by atoms with van der Waals surface area (Å²) in [4.78, 5) is 15.9. The van der Waals surface area contributed by atoms with Crippen molar-refractivity contribution < 1.29 is 9.53 Å². The van der Waals surface area contributed by atoms with Crippen molar-refractivity contribution in [3.63, 3.8) is 0 Å². The summed E-state index contributed by atoms with van der Waals surface area (Å²) < 4.78 is 5.75. The number of aryl methyl sites for hydroxylation is 2. The van der Waals surface area contributed by atoms with Gasteiger partial charge in [-0.15, -0.1) is 11.3 Å². The lowest BCUT2D eigenvalue weighted by Crippen LogP contribution is -2.42. The van der Waals surface area contributed by atoms with Gasteiger partial charge in [0.05, 0.1) is 12.6 Å². The number of ether oxygens (including phenoxy) is 1. The minimum absolute atomic E-state index is 0.00519. The van der Waals surface area contributed by atoms with Crippen LogP contribution in [0.4, 0.5) is 4.79 Å². The van der Waals surface area contributed by atoms with E-state index in [0.717, 1.165) is 19.4 Å². The number of nitrogens with zero attached hydrogens (tertiary/aromatic N) is 1. The molecule has 1 aliphatic carbocycles. The van der Waals surface area contributed by atoms with E-state index >= 15 is 0 Å². The number of urea groups is 1. The van der Waals surface area contributed by atoms with Crippen LogP contribution < -0.4 is 5.32 Å². The number of nitrogens with one attached hydrogen (secondary N) is 1. The summed E-state index contributed by atoms with van der Waals surface area (Å²) in [6.07, 6.45) is 5.91. The summed E-state index contributed by atoms with van der Waals surface area (Å²) in [7, 11) is 0. The van der Waals surface area contributed by atoms with E-state index in [4.69, 9.17) is 4.74 Å². The van der Waals surface area contributed by atoms with Gasteiger partial charge in [-0.1, -0.05) is 24.3 Å². The second-order valence-electron chi connectivity index (χ2n) is 7.21. The Hall–Kier alpha value is -1.85. The molecule has 1 aromatic carbocycles. The normalized spacial score (nSPS) is 18.7. The molecule has 2 heterocycles. The number of benzene rings is 1. The van der Waals surface area contributed by atoms with Gasteiger partial charge < -0.3 is 15.0 Å². The molecule has 0 bridgehead atoms. The fraction of sp³-hybridized carbons (Fsp3) is 0.476. The van der Waals surface area contributed by atoms with Crippen molar-refractivity contribution in [2.45, 2.75) is 51.3 Å². The molecule has 1 aliphatic heterocycles. The molecule has 1 fully saturated rings. The zero-order chi connectivity index (χ0) is 17.8. The van der Waals surface area contributed by atoms with Gasteiger partial charge in [-0.3, -0.25) is 0 Å². The number of hydrogen-bond acceptors (Lipinski definition) is 3. The Kier molecular flexibility index (Phi) is 5.56. The number of amides is 2. The molecule has 4 rings (SSSR count). The van der Waals surface area contributed by atoms with E-state index in [1.807, 2.05) is 11.0 Å². The highest BCUT2D eigenvalue weighted by atomic mass is 32.1. The van der Waals surface area contributed by atoms with E-state index in [1.54, 1.807) is 11.3 Å². The number of carbonyl (C=O) groups is 1. The van der Waals surface area contributed by atoms with E-state index in [-0.39, 0.29) is 12.1 Å². The average Bonchev–Trinajstić information content (AvgIpc) is 3.40. The lowest BCUT2D eigenvalue weighted by Gasteiger charge is -2.25. The maximum atomic E-state index is 12.8. The van der Waals surface area contributed by atoms with E-state index in [2.05, 4.69) is 35.0 Å². The van der Waals surface area contributed by atoms with Gasteiger partial charge >= 0.3 is 6.03 Å². The number of hydrogen-bond donors (Lipinski definition) is 1. The van der Waals surface area contributed by atoms with Gasteiger partial charge in [0.15, 0.2) is 0 Å². The Morgan fingerprint density at radius 3 is 2.96 bits per heavy atom. The van der Waals surface area contributed by atoms with Crippen LogP contribution in [0, 0.1) is 0 Å². The van der Waals surface area contributed by atoms with Gasteiger partial charge in [-0.05, 0) is 60.2 Å². The predicted octanol–water partition coefficient (Wildman–Crippen LogP) is 4.13. The van der Waals surface area contributed by atoms with Crippen LogP contribution in [0.1, 0.15) is 40.8 Å². The molecule has 4 nitrogen and oxygen atoms in total. The lowest BCUT2D eigenvalue weighted by atomic mass is 10.1. The molecule has 1 atom stereocenters. The average molecular weight is 371 g/mol. The third-order valence-electron chi connectivity index (χ3n) is 5.27. The summed E-state index contributed by atoms with van der Waals surface area (Å²) in [6, 6.07) is 10.7. The molecule has 138 valence electrons. The van der Waals surface area contributed by atoms with Crippen LogP contribution in [0.3, 0.4) is 0 Å². The quantitative estimate of drug-likeness (QED) is 0.831. The van der Waals surface area contributed by atoms with Crippen LogP contribution >= 0.6 is 11.3 Å². The van der Waals surface area contributed by atoms with E-state index < -0.39 is 0 Å². The van der Waals surface area contributed by atoms with Crippen LogP contribution in [0.2, 0.25) is 0 Å². The van der Waals surface area contributed by atoms with E-state index in [9.17, 15) is 4.79 Å². The van der Waals surface area contributed by atoms with Gasteiger partial charge in [-0.25, -0.2) is 4.79 Å². The lowest BCUT2D eigenvalue weighted by molar-refractivity contribution is 0.0796. The molecule has 0 spiro atoms. The largest absolute Gasteiger partial charge is 0.376 e. The predicted molar refractivity (Wildman–Crippen MR) is 104 cm³/mol. The summed E-state index contributed by atoms with van der Waals surface area (Å²) in [5.74, 6) is 0. The maximum absolute atomic E-state index is 12.8. The Morgan fingerprint density at radius 1 is 1.23 bits per heavy atom. The van der Waals surface area contributed by atoms with Crippen molar-refractivity contribution in [2.24, 2.45) is 0 Å². The van der Waals surface area contributed by atoms with Crippen LogP contribution in [0.25, 0.3) is 0 Å². The molecule has 1 N–H and O–H groups in total. The third kappa shape index (κ3) is 4.27. The Labute approximate surface area is 159 Å². The molecule has 1 unspecified atom stereocenters. The van der Waals surface area contributed by atoms with Crippen molar-refractivity contribution in [1.82, 2.24) is 10.2 Å². The molecular formula is C21H26N2O2S. The first kappa shape index (κ1) is 17.6. The van der Waals surface area contributed by atoms with Crippen molar-refractivity contribution in [3.05, 3.63) is 57.3 Å². The molecule has 2 amide bonds. The maximum Gasteiger partial charge on any atom is 0.318 e. The first-order chi connectivity index (χ1) is 12.8. The molecular weight excluding hydrogens is 344 g/mol. The summed E-state index contributed by atoms with van der Waals surface area (Å²) in [6.45, 7) is 2.70. The fourth-order valence-electron chi connectivity index (χ4n) is 3.87. The summed E-state index contributed by atoms with van der Waals surface area (Å²) >= 11 is 1.69. The van der Waals surface area contributed by atoms with Crippen molar-refractivity contribution in [3.8, 4) is 0 Å². The summed E-state index contributed by atoms with van der Waals surface area (Å²) in [5.41, 5.74) is 4.11. The van der Waals surface area contributed by atoms with Crippen molar-refractivity contribution in [2.75, 3.05) is 13.2 Å². The Balaban J connectivity index is 1.38. The van der Waals surface area contributed by atoms with Gasteiger partial charge in [0, 0.05) is 24.6 Å². The topological polar surface area (TPSA) is 41.6 Å². The van der Waals surface area contributed by atoms with E-state index in [1.165, 1.54) is 40.8 Å². The Morgan fingerprint density at radius 2 is 2.15 bits per heavy atom. The SMILES string of the molecule is O=C(NCc1ccc2c(c1)CCC2)N(Cc1cccs1)CC1CCCO1. The van der Waals surface area contributed by atoms with Crippen LogP contribution in [0.15, 0.2) is 35.7 Å². The molecule has 0 saturated carbocycles.